The summed E-state index contributed by atoms with van der Waals surface area (Å²) in [6, 6.07) is 5.89. The van der Waals surface area contributed by atoms with E-state index in [2.05, 4.69) is 44.4 Å². The van der Waals surface area contributed by atoms with E-state index in [1.807, 2.05) is 6.07 Å². The molecule has 0 saturated heterocycles. The van der Waals surface area contributed by atoms with Crippen LogP contribution in [0.5, 0.6) is 0 Å². The maximum Gasteiger partial charge on any atom is 0.191 e. The van der Waals surface area contributed by atoms with Crippen molar-refractivity contribution < 1.29 is 0 Å². The van der Waals surface area contributed by atoms with Gasteiger partial charge in [-0.05, 0) is 39.9 Å². The fourth-order valence-electron chi connectivity index (χ4n) is 1.84. The van der Waals surface area contributed by atoms with E-state index >= 15 is 0 Å². The SMILES string of the molecule is CN=C(NCc1ccc(Cl)nc1)NCC(C)c1ccsc1.I. The zero-order valence-electron chi connectivity index (χ0n) is 12.5. The summed E-state index contributed by atoms with van der Waals surface area (Å²) in [4.78, 5) is 8.28. The third-order valence-corrected chi connectivity index (χ3v) is 4.09. The van der Waals surface area contributed by atoms with Crippen molar-refractivity contribution >= 4 is 52.9 Å². The van der Waals surface area contributed by atoms with Crippen LogP contribution < -0.4 is 10.6 Å². The number of nitrogens with one attached hydrogen (secondary N) is 2. The van der Waals surface area contributed by atoms with Crippen LogP contribution in [-0.2, 0) is 6.54 Å². The highest BCUT2D eigenvalue weighted by molar-refractivity contribution is 14.0. The number of aliphatic imine (C=N–C) groups is 1. The monoisotopic (exact) mass is 450 g/mol. The van der Waals surface area contributed by atoms with Gasteiger partial charge in [0.1, 0.15) is 5.15 Å². The summed E-state index contributed by atoms with van der Waals surface area (Å²) in [7, 11) is 1.77. The fraction of sp³-hybridized carbons (Fsp3) is 0.333. The van der Waals surface area contributed by atoms with Crippen LogP contribution in [-0.4, -0.2) is 24.5 Å². The molecule has 2 rings (SSSR count). The van der Waals surface area contributed by atoms with Crippen LogP contribution >= 0.6 is 46.9 Å². The first-order valence-electron chi connectivity index (χ1n) is 6.76. The third kappa shape index (κ3) is 6.10. The maximum atomic E-state index is 5.77. The molecule has 0 fully saturated rings. The van der Waals surface area contributed by atoms with Gasteiger partial charge < -0.3 is 10.6 Å². The van der Waals surface area contributed by atoms with Gasteiger partial charge in [-0.1, -0.05) is 24.6 Å². The second kappa shape index (κ2) is 10.0. The van der Waals surface area contributed by atoms with Crippen LogP contribution in [0.2, 0.25) is 5.15 Å². The Morgan fingerprint density at radius 2 is 2.18 bits per heavy atom. The van der Waals surface area contributed by atoms with Crippen molar-refractivity contribution in [2.24, 2.45) is 4.99 Å². The van der Waals surface area contributed by atoms with Gasteiger partial charge in [0.2, 0.25) is 0 Å². The number of aromatic nitrogens is 1. The molecule has 2 aromatic heterocycles. The predicted octanol–water partition coefficient (Wildman–Crippen LogP) is 3.88. The standard InChI is InChI=1S/C15H19ClN4S.HI/c1-11(13-5-6-21-10-13)7-19-15(17-2)20-9-12-3-4-14(16)18-8-12;/h3-6,8,10-11H,7,9H2,1-2H3,(H2,17,19,20);1H. The van der Waals surface area contributed by atoms with E-state index < -0.39 is 0 Å². The Hall–Kier alpha value is -0.860. The molecule has 0 aliphatic carbocycles. The first kappa shape index (κ1) is 19.2. The average Bonchev–Trinajstić information content (AvgIpc) is 3.03. The molecular weight excluding hydrogens is 431 g/mol. The molecule has 0 aromatic carbocycles. The summed E-state index contributed by atoms with van der Waals surface area (Å²) < 4.78 is 0. The highest BCUT2D eigenvalue weighted by Crippen LogP contribution is 2.16. The summed E-state index contributed by atoms with van der Waals surface area (Å²) in [6.07, 6.45) is 1.76. The van der Waals surface area contributed by atoms with Gasteiger partial charge in [0.25, 0.3) is 0 Å². The number of guanidine groups is 1. The minimum atomic E-state index is 0. The topological polar surface area (TPSA) is 49.3 Å². The Balaban J connectivity index is 0.00000242. The molecule has 7 heteroatoms. The molecule has 0 spiro atoms. The zero-order valence-corrected chi connectivity index (χ0v) is 16.4. The quantitative estimate of drug-likeness (QED) is 0.314. The molecule has 0 aliphatic rings. The second-order valence-electron chi connectivity index (χ2n) is 4.75. The average molecular weight is 451 g/mol. The van der Waals surface area contributed by atoms with Gasteiger partial charge in [0.05, 0.1) is 0 Å². The molecule has 4 nitrogen and oxygen atoms in total. The van der Waals surface area contributed by atoms with Crippen LogP contribution in [0, 0.1) is 0 Å². The van der Waals surface area contributed by atoms with E-state index in [0.717, 1.165) is 18.1 Å². The minimum Gasteiger partial charge on any atom is -0.356 e. The Labute approximate surface area is 157 Å². The van der Waals surface area contributed by atoms with Crippen molar-refractivity contribution in [3.63, 3.8) is 0 Å². The summed E-state index contributed by atoms with van der Waals surface area (Å²) in [5, 5.41) is 11.4. The molecule has 120 valence electrons. The number of hydrogen-bond donors (Lipinski definition) is 2. The van der Waals surface area contributed by atoms with E-state index in [0.29, 0.717) is 17.6 Å². The molecule has 0 saturated carbocycles. The van der Waals surface area contributed by atoms with Gasteiger partial charge >= 0.3 is 0 Å². The number of halogens is 2. The molecule has 0 aliphatic heterocycles. The molecule has 1 unspecified atom stereocenters. The number of thiophene rings is 1. The Morgan fingerprint density at radius 1 is 1.36 bits per heavy atom. The zero-order chi connectivity index (χ0) is 15.1. The summed E-state index contributed by atoms with van der Waals surface area (Å²) >= 11 is 7.49. The predicted molar refractivity (Wildman–Crippen MR) is 106 cm³/mol. The second-order valence-corrected chi connectivity index (χ2v) is 5.92. The summed E-state index contributed by atoms with van der Waals surface area (Å²) in [6.45, 7) is 3.71. The Kier molecular flexibility index (Phi) is 8.74. The van der Waals surface area contributed by atoms with Gasteiger partial charge in [-0.3, -0.25) is 4.99 Å². The van der Waals surface area contributed by atoms with Crippen LogP contribution in [0.15, 0.2) is 40.1 Å². The molecule has 0 bridgehead atoms. The number of rotatable bonds is 5. The number of hydrogen-bond acceptors (Lipinski definition) is 3. The van der Waals surface area contributed by atoms with Crippen LogP contribution in [0.4, 0.5) is 0 Å². The first-order chi connectivity index (χ1) is 10.2. The number of nitrogens with zero attached hydrogens (tertiary/aromatic N) is 2. The number of pyridine rings is 1. The van der Waals surface area contributed by atoms with E-state index in [1.54, 1.807) is 30.6 Å². The van der Waals surface area contributed by atoms with Crippen molar-refractivity contribution in [1.82, 2.24) is 15.6 Å². The lowest BCUT2D eigenvalue weighted by Gasteiger charge is -2.15. The Bertz CT molecular complexity index is 572. The largest absolute Gasteiger partial charge is 0.356 e. The third-order valence-electron chi connectivity index (χ3n) is 3.16. The normalized spacial score (nSPS) is 12.4. The van der Waals surface area contributed by atoms with Crippen LogP contribution in [0.3, 0.4) is 0 Å². The molecule has 2 aromatic rings. The van der Waals surface area contributed by atoms with E-state index in [9.17, 15) is 0 Å². The van der Waals surface area contributed by atoms with Gasteiger partial charge in [-0.2, -0.15) is 11.3 Å². The lowest BCUT2D eigenvalue weighted by Crippen LogP contribution is -2.38. The highest BCUT2D eigenvalue weighted by Gasteiger charge is 2.07. The van der Waals surface area contributed by atoms with Crippen molar-refractivity contribution in [2.75, 3.05) is 13.6 Å². The summed E-state index contributed by atoms with van der Waals surface area (Å²) in [5.41, 5.74) is 2.41. The first-order valence-corrected chi connectivity index (χ1v) is 8.08. The Morgan fingerprint density at radius 3 is 2.77 bits per heavy atom. The smallest absolute Gasteiger partial charge is 0.191 e. The van der Waals surface area contributed by atoms with Crippen molar-refractivity contribution in [2.45, 2.75) is 19.4 Å². The minimum absolute atomic E-state index is 0. The van der Waals surface area contributed by atoms with Gasteiger partial charge in [-0.25, -0.2) is 4.98 Å². The molecule has 1 atom stereocenters. The molecule has 2 heterocycles. The van der Waals surface area contributed by atoms with Gasteiger partial charge in [-0.15, -0.1) is 24.0 Å². The molecule has 22 heavy (non-hydrogen) atoms. The molecular formula is C15H20ClIN4S. The van der Waals surface area contributed by atoms with Crippen molar-refractivity contribution in [3.05, 3.63) is 51.4 Å². The maximum absolute atomic E-state index is 5.77. The summed E-state index contributed by atoms with van der Waals surface area (Å²) in [5.74, 6) is 1.24. The van der Waals surface area contributed by atoms with Crippen molar-refractivity contribution in [3.8, 4) is 0 Å². The molecule has 2 N–H and O–H groups in total. The lowest BCUT2D eigenvalue weighted by molar-refractivity contribution is 0.700. The van der Waals surface area contributed by atoms with Crippen molar-refractivity contribution in [1.29, 1.82) is 0 Å². The van der Waals surface area contributed by atoms with E-state index in [4.69, 9.17) is 11.6 Å². The molecule has 0 radical (unpaired) electrons. The van der Waals surface area contributed by atoms with Crippen LogP contribution in [0.1, 0.15) is 24.0 Å². The van der Waals surface area contributed by atoms with E-state index in [1.165, 1.54) is 5.56 Å². The van der Waals surface area contributed by atoms with Gasteiger partial charge in [0.15, 0.2) is 5.96 Å². The molecule has 0 amide bonds. The van der Waals surface area contributed by atoms with E-state index in [-0.39, 0.29) is 24.0 Å². The fourth-order valence-corrected chi connectivity index (χ4v) is 2.73. The lowest BCUT2D eigenvalue weighted by atomic mass is 10.1. The highest BCUT2D eigenvalue weighted by atomic mass is 127. The van der Waals surface area contributed by atoms with Gasteiger partial charge in [0, 0.05) is 26.3 Å². The van der Waals surface area contributed by atoms with Crippen LogP contribution in [0.25, 0.3) is 0 Å².